The molecule has 4 rings (SSSR count). The van der Waals surface area contributed by atoms with E-state index in [1.165, 1.54) is 37.7 Å². The molecule has 1 aliphatic heterocycles. The summed E-state index contributed by atoms with van der Waals surface area (Å²) in [6.07, 6.45) is 8.20. The van der Waals surface area contributed by atoms with Gasteiger partial charge in [0, 0.05) is 24.3 Å². The second-order valence-electron chi connectivity index (χ2n) is 7.35. The number of hydrogen-bond acceptors (Lipinski definition) is 4. The molecule has 1 saturated carbocycles. The molecule has 26 heavy (non-hydrogen) atoms. The number of aryl methyl sites for hydroxylation is 2. The number of anilines is 2. The van der Waals surface area contributed by atoms with Gasteiger partial charge in [0.1, 0.15) is 17.3 Å². The first kappa shape index (κ1) is 17.0. The molecule has 1 aromatic carbocycles. The average Bonchev–Trinajstić information content (AvgIpc) is 2.67. The van der Waals surface area contributed by atoms with Gasteiger partial charge in [-0.15, -0.1) is 0 Å². The van der Waals surface area contributed by atoms with Gasteiger partial charge in [0.05, 0.1) is 0 Å². The molecule has 2 aromatic rings. The summed E-state index contributed by atoms with van der Waals surface area (Å²) in [5, 5.41) is 3.52. The van der Waals surface area contributed by atoms with Gasteiger partial charge in [-0.1, -0.05) is 37.5 Å². The number of carbonyl (C=O) groups excluding carboxylic acids is 1. The van der Waals surface area contributed by atoms with E-state index in [1.807, 2.05) is 36.1 Å². The van der Waals surface area contributed by atoms with Crippen LogP contribution < -0.4 is 10.2 Å². The third-order valence-electron chi connectivity index (χ3n) is 5.37. The van der Waals surface area contributed by atoms with Gasteiger partial charge in [-0.2, -0.15) is 0 Å². The van der Waals surface area contributed by atoms with Crippen LogP contribution in [0.15, 0.2) is 30.3 Å². The SMILES string of the molecule is Cc1nc(NC2CCCCC2)cc(C(=O)N2CCCc3ccccc32)n1. The zero-order valence-electron chi connectivity index (χ0n) is 15.4. The maximum atomic E-state index is 13.2. The highest BCUT2D eigenvalue weighted by Gasteiger charge is 2.25. The molecular formula is C21H26N4O. The van der Waals surface area contributed by atoms with Gasteiger partial charge in [0.2, 0.25) is 0 Å². The topological polar surface area (TPSA) is 58.1 Å². The second-order valence-corrected chi connectivity index (χ2v) is 7.35. The molecule has 0 saturated heterocycles. The van der Waals surface area contributed by atoms with E-state index in [1.54, 1.807) is 0 Å². The quantitative estimate of drug-likeness (QED) is 0.904. The van der Waals surface area contributed by atoms with Gasteiger partial charge < -0.3 is 10.2 Å². The lowest BCUT2D eigenvalue weighted by Crippen LogP contribution is -2.36. The highest BCUT2D eigenvalue weighted by molar-refractivity contribution is 6.05. The fraction of sp³-hybridized carbons (Fsp3) is 0.476. The Balaban J connectivity index is 1.58. The van der Waals surface area contributed by atoms with Crippen LogP contribution in [0.5, 0.6) is 0 Å². The van der Waals surface area contributed by atoms with Crippen molar-refractivity contribution in [1.82, 2.24) is 9.97 Å². The van der Waals surface area contributed by atoms with Gasteiger partial charge in [0.25, 0.3) is 5.91 Å². The van der Waals surface area contributed by atoms with E-state index >= 15 is 0 Å². The second kappa shape index (κ2) is 7.44. The summed E-state index contributed by atoms with van der Waals surface area (Å²) in [6.45, 7) is 2.59. The first-order valence-electron chi connectivity index (χ1n) is 9.73. The number of hydrogen-bond donors (Lipinski definition) is 1. The number of rotatable bonds is 3. The van der Waals surface area contributed by atoms with E-state index in [0.717, 1.165) is 30.9 Å². The molecular weight excluding hydrogens is 324 g/mol. The summed E-state index contributed by atoms with van der Waals surface area (Å²) in [5.74, 6) is 1.38. The van der Waals surface area contributed by atoms with Crippen LogP contribution in [0, 0.1) is 6.92 Å². The van der Waals surface area contributed by atoms with Crippen molar-refractivity contribution >= 4 is 17.4 Å². The van der Waals surface area contributed by atoms with E-state index in [-0.39, 0.29) is 5.91 Å². The molecule has 1 aliphatic carbocycles. The Morgan fingerprint density at radius 2 is 1.92 bits per heavy atom. The van der Waals surface area contributed by atoms with E-state index in [9.17, 15) is 4.79 Å². The molecule has 1 amide bonds. The van der Waals surface area contributed by atoms with Crippen LogP contribution in [0.25, 0.3) is 0 Å². The fourth-order valence-electron chi connectivity index (χ4n) is 4.09. The summed E-state index contributed by atoms with van der Waals surface area (Å²) in [4.78, 5) is 24.0. The molecule has 2 aliphatic rings. The Morgan fingerprint density at radius 3 is 2.77 bits per heavy atom. The number of benzene rings is 1. The van der Waals surface area contributed by atoms with Crippen molar-refractivity contribution in [1.29, 1.82) is 0 Å². The summed E-state index contributed by atoms with van der Waals surface area (Å²) in [7, 11) is 0. The number of nitrogens with zero attached hydrogens (tertiary/aromatic N) is 3. The van der Waals surface area contributed by atoms with Crippen LogP contribution in [0.4, 0.5) is 11.5 Å². The zero-order chi connectivity index (χ0) is 17.9. The Hall–Kier alpha value is -2.43. The number of carbonyl (C=O) groups is 1. The predicted octanol–water partition coefficient (Wildman–Crippen LogP) is 4.12. The maximum absolute atomic E-state index is 13.2. The first-order chi connectivity index (χ1) is 12.7. The van der Waals surface area contributed by atoms with Gasteiger partial charge >= 0.3 is 0 Å². The summed E-state index contributed by atoms with van der Waals surface area (Å²) >= 11 is 0. The largest absolute Gasteiger partial charge is 0.367 e. The molecule has 136 valence electrons. The number of para-hydroxylation sites is 1. The van der Waals surface area contributed by atoms with Crippen molar-refractivity contribution in [3.8, 4) is 0 Å². The van der Waals surface area contributed by atoms with Crippen LogP contribution in [-0.2, 0) is 6.42 Å². The minimum atomic E-state index is -0.0330. The molecule has 0 spiro atoms. The molecule has 5 nitrogen and oxygen atoms in total. The molecule has 0 atom stereocenters. The minimum Gasteiger partial charge on any atom is -0.367 e. The van der Waals surface area contributed by atoms with Crippen molar-refractivity contribution in [2.45, 2.75) is 57.9 Å². The molecule has 1 fully saturated rings. The summed E-state index contributed by atoms with van der Waals surface area (Å²) in [6, 6.07) is 10.4. The Bertz CT molecular complexity index is 798. The van der Waals surface area contributed by atoms with Gasteiger partial charge in [-0.05, 0) is 44.2 Å². The highest BCUT2D eigenvalue weighted by Crippen LogP contribution is 2.28. The lowest BCUT2D eigenvalue weighted by Gasteiger charge is -2.29. The standard InChI is InChI=1S/C21H26N4O/c1-15-22-18(14-20(23-15)24-17-10-3-2-4-11-17)21(26)25-13-7-9-16-8-5-6-12-19(16)25/h5-6,8,12,14,17H,2-4,7,9-11,13H2,1H3,(H,22,23,24). The van der Waals surface area contributed by atoms with E-state index in [0.29, 0.717) is 17.6 Å². The first-order valence-corrected chi connectivity index (χ1v) is 9.73. The van der Waals surface area contributed by atoms with Crippen LogP contribution in [-0.4, -0.2) is 28.5 Å². The van der Waals surface area contributed by atoms with Crippen LogP contribution in [0.2, 0.25) is 0 Å². The van der Waals surface area contributed by atoms with Crippen molar-refractivity contribution in [3.63, 3.8) is 0 Å². The highest BCUT2D eigenvalue weighted by atomic mass is 16.2. The lowest BCUT2D eigenvalue weighted by atomic mass is 9.95. The molecule has 2 heterocycles. The average molecular weight is 350 g/mol. The Labute approximate surface area is 154 Å². The maximum Gasteiger partial charge on any atom is 0.277 e. The smallest absolute Gasteiger partial charge is 0.277 e. The van der Waals surface area contributed by atoms with Crippen LogP contribution in [0.3, 0.4) is 0 Å². The van der Waals surface area contributed by atoms with Crippen molar-refractivity contribution < 1.29 is 4.79 Å². The van der Waals surface area contributed by atoms with Crippen molar-refractivity contribution in [2.75, 3.05) is 16.8 Å². The molecule has 0 radical (unpaired) electrons. The summed E-state index contributed by atoms with van der Waals surface area (Å²) < 4.78 is 0. The van der Waals surface area contributed by atoms with E-state index in [2.05, 4.69) is 21.4 Å². The van der Waals surface area contributed by atoms with Gasteiger partial charge in [0.15, 0.2) is 0 Å². The third-order valence-corrected chi connectivity index (χ3v) is 5.37. The number of amides is 1. The Morgan fingerprint density at radius 1 is 1.12 bits per heavy atom. The number of nitrogens with one attached hydrogen (secondary N) is 1. The van der Waals surface area contributed by atoms with E-state index < -0.39 is 0 Å². The van der Waals surface area contributed by atoms with Crippen LogP contribution in [0.1, 0.15) is 60.4 Å². The summed E-state index contributed by atoms with van der Waals surface area (Å²) in [5.41, 5.74) is 2.73. The zero-order valence-corrected chi connectivity index (χ0v) is 15.4. The molecule has 1 N–H and O–H groups in total. The molecule has 0 bridgehead atoms. The number of aromatic nitrogens is 2. The van der Waals surface area contributed by atoms with Gasteiger partial charge in [-0.25, -0.2) is 9.97 Å². The molecule has 0 unspecified atom stereocenters. The normalized spacial score (nSPS) is 17.7. The van der Waals surface area contributed by atoms with Crippen molar-refractivity contribution in [3.05, 3.63) is 47.4 Å². The van der Waals surface area contributed by atoms with Crippen LogP contribution >= 0.6 is 0 Å². The molecule has 1 aromatic heterocycles. The lowest BCUT2D eigenvalue weighted by molar-refractivity contribution is 0.0980. The molecule has 5 heteroatoms. The number of fused-ring (bicyclic) bond motifs is 1. The fourth-order valence-corrected chi connectivity index (χ4v) is 4.09. The van der Waals surface area contributed by atoms with E-state index in [4.69, 9.17) is 0 Å². The minimum absolute atomic E-state index is 0.0330. The third kappa shape index (κ3) is 3.57. The predicted molar refractivity (Wildman–Crippen MR) is 104 cm³/mol. The van der Waals surface area contributed by atoms with Gasteiger partial charge in [-0.3, -0.25) is 4.79 Å². The monoisotopic (exact) mass is 350 g/mol. The van der Waals surface area contributed by atoms with Crippen molar-refractivity contribution in [2.24, 2.45) is 0 Å². The Kier molecular flexibility index (Phi) is 4.87.